The highest BCUT2D eigenvalue weighted by Gasteiger charge is 2.13. The Hall–Kier alpha value is -1.82. The van der Waals surface area contributed by atoms with E-state index in [1.165, 1.54) is 6.07 Å². The molecule has 1 aromatic carbocycles. The molecule has 0 bridgehead atoms. The van der Waals surface area contributed by atoms with E-state index in [4.69, 9.17) is 6.42 Å². The van der Waals surface area contributed by atoms with Crippen LogP contribution in [-0.4, -0.2) is 4.92 Å². The van der Waals surface area contributed by atoms with Crippen molar-refractivity contribution in [1.29, 1.82) is 0 Å². The maximum atomic E-state index is 10.8. The Labute approximate surface area is 89.3 Å². The minimum Gasteiger partial charge on any atom is -0.258 e. The quantitative estimate of drug-likeness (QED) is 0.429. The summed E-state index contributed by atoms with van der Waals surface area (Å²) in [7, 11) is 0. The first kappa shape index (κ1) is 11.3. The standard InChI is InChI=1S/C12H13NO2/c1-3-5-6-11-8-7-10(4-2)9-12(11)13(14)15/h2,7-9H,3,5-6H2,1H3. The molecular formula is C12H13NO2. The molecule has 0 N–H and O–H groups in total. The molecule has 0 atom stereocenters. The van der Waals surface area contributed by atoms with Gasteiger partial charge in [-0.05, 0) is 18.9 Å². The van der Waals surface area contributed by atoms with Crippen molar-refractivity contribution >= 4 is 5.69 Å². The third-order valence-corrected chi connectivity index (χ3v) is 2.25. The smallest absolute Gasteiger partial charge is 0.258 e. The Kier molecular flexibility index (Phi) is 3.87. The number of nitrogens with zero attached hydrogens (tertiary/aromatic N) is 1. The molecular weight excluding hydrogens is 190 g/mol. The summed E-state index contributed by atoms with van der Waals surface area (Å²) in [6.45, 7) is 2.06. The van der Waals surface area contributed by atoms with Gasteiger partial charge < -0.3 is 0 Å². The summed E-state index contributed by atoms with van der Waals surface area (Å²) in [6.07, 6.45) is 7.91. The second kappa shape index (κ2) is 5.16. The first-order chi connectivity index (χ1) is 7.19. The van der Waals surface area contributed by atoms with Gasteiger partial charge in [-0.3, -0.25) is 10.1 Å². The van der Waals surface area contributed by atoms with Crippen molar-refractivity contribution in [1.82, 2.24) is 0 Å². The summed E-state index contributed by atoms with van der Waals surface area (Å²) < 4.78 is 0. The summed E-state index contributed by atoms with van der Waals surface area (Å²) in [5.74, 6) is 2.40. The number of terminal acetylenes is 1. The van der Waals surface area contributed by atoms with E-state index in [9.17, 15) is 10.1 Å². The van der Waals surface area contributed by atoms with E-state index in [-0.39, 0.29) is 10.6 Å². The normalized spacial score (nSPS) is 9.60. The van der Waals surface area contributed by atoms with Crippen LogP contribution < -0.4 is 0 Å². The van der Waals surface area contributed by atoms with Crippen LogP contribution in [0.4, 0.5) is 5.69 Å². The maximum Gasteiger partial charge on any atom is 0.273 e. The topological polar surface area (TPSA) is 43.1 Å². The van der Waals surface area contributed by atoms with E-state index in [1.54, 1.807) is 12.1 Å². The zero-order valence-corrected chi connectivity index (χ0v) is 8.69. The largest absolute Gasteiger partial charge is 0.273 e. The van der Waals surface area contributed by atoms with Gasteiger partial charge in [0.25, 0.3) is 5.69 Å². The number of nitro groups is 1. The fraction of sp³-hybridized carbons (Fsp3) is 0.333. The molecule has 78 valence electrons. The predicted molar refractivity (Wildman–Crippen MR) is 59.6 cm³/mol. The second-order valence-corrected chi connectivity index (χ2v) is 3.35. The molecule has 3 nitrogen and oxygen atoms in total. The maximum absolute atomic E-state index is 10.8. The Morgan fingerprint density at radius 1 is 1.53 bits per heavy atom. The van der Waals surface area contributed by atoms with E-state index in [2.05, 4.69) is 12.8 Å². The van der Waals surface area contributed by atoms with Crippen LogP contribution in [0.25, 0.3) is 0 Å². The average Bonchev–Trinajstić information content (AvgIpc) is 2.26. The zero-order valence-electron chi connectivity index (χ0n) is 8.69. The van der Waals surface area contributed by atoms with Crippen LogP contribution in [0.2, 0.25) is 0 Å². The Morgan fingerprint density at radius 3 is 2.80 bits per heavy atom. The number of unbranched alkanes of at least 4 members (excludes halogenated alkanes) is 1. The van der Waals surface area contributed by atoms with Crippen molar-refractivity contribution in [3.8, 4) is 12.3 Å². The van der Waals surface area contributed by atoms with Gasteiger partial charge in [-0.25, -0.2) is 0 Å². The molecule has 0 aliphatic carbocycles. The van der Waals surface area contributed by atoms with Crippen molar-refractivity contribution in [3.05, 3.63) is 39.4 Å². The van der Waals surface area contributed by atoms with Gasteiger partial charge in [-0.2, -0.15) is 0 Å². The number of hydrogen-bond acceptors (Lipinski definition) is 2. The highest BCUT2D eigenvalue weighted by atomic mass is 16.6. The van der Waals surface area contributed by atoms with Crippen LogP contribution in [0.1, 0.15) is 30.9 Å². The van der Waals surface area contributed by atoms with Gasteiger partial charge >= 0.3 is 0 Å². The third kappa shape index (κ3) is 2.81. The van der Waals surface area contributed by atoms with Crippen molar-refractivity contribution in [3.63, 3.8) is 0 Å². The van der Waals surface area contributed by atoms with Crippen molar-refractivity contribution in [2.45, 2.75) is 26.2 Å². The van der Waals surface area contributed by atoms with E-state index >= 15 is 0 Å². The molecule has 0 aromatic heterocycles. The SMILES string of the molecule is C#Cc1ccc(CCCC)c([N+](=O)[O-])c1. The molecule has 0 radical (unpaired) electrons. The van der Waals surface area contributed by atoms with Gasteiger partial charge in [0.2, 0.25) is 0 Å². The molecule has 0 aliphatic heterocycles. The van der Waals surface area contributed by atoms with E-state index in [0.717, 1.165) is 24.8 Å². The van der Waals surface area contributed by atoms with Crippen molar-refractivity contribution < 1.29 is 4.92 Å². The van der Waals surface area contributed by atoms with Crippen LogP contribution in [0.5, 0.6) is 0 Å². The van der Waals surface area contributed by atoms with E-state index in [0.29, 0.717) is 5.56 Å². The van der Waals surface area contributed by atoms with Crippen LogP contribution in [0, 0.1) is 22.5 Å². The molecule has 0 saturated heterocycles. The van der Waals surface area contributed by atoms with Crippen LogP contribution in [-0.2, 0) is 6.42 Å². The molecule has 15 heavy (non-hydrogen) atoms. The summed E-state index contributed by atoms with van der Waals surface area (Å²) >= 11 is 0. The van der Waals surface area contributed by atoms with Crippen LogP contribution in [0.3, 0.4) is 0 Å². The van der Waals surface area contributed by atoms with Crippen molar-refractivity contribution in [2.75, 3.05) is 0 Å². The van der Waals surface area contributed by atoms with Gasteiger partial charge in [0.15, 0.2) is 0 Å². The second-order valence-electron chi connectivity index (χ2n) is 3.35. The third-order valence-electron chi connectivity index (χ3n) is 2.25. The molecule has 0 amide bonds. The highest BCUT2D eigenvalue weighted by molar-refractivity contribution is 5.48. The number of hydrogen-bond donors (Lipinski definition) is 0. The zero-order chi connectivity index (χ0) is 11.3. The molecule has 0 aliphatic rings. The molecule has 1 aromatic rings. The molecule has 1 rings (SSSR count). The first-order valence-corrected chi connectivity index (χ1v) is 4.93. The molecule has 0 fully saturated rings. The number of benzene rings is 1. The van der Waals surface area contributed by atoms with Gasteiger partial charge in [0.05, 0.1) is 4.92 Å². The molecule has 0 unspecified atom stereocenters. The average molecular weight is 203 g/mol. The van der Waals surface area contributed by atoms with Gasteiger partial charge in [-0.15, -0.1) is 6.42 Å². The molecule has 3 heteroatoms. The lowest BCUT2D eigenvalue weighted by Crippen LogP contribution is -1.96. The lowest BCUT2D eigenvalue weighted by Gasteiger charge is -2.02. The Bertz CT molecular complexity index is 405. The Balaban J connectivity index is 3.05. The van der Waals surface area contributed by atoms with E-state index in [1.807, 2.05) is 0 Å². The Morgan fingerprint density at radius 2 is 2.27 bits per heavy atom. The van der Waals surface area contributed by atoms with Gasteiger partial charge in [0, 0.05) is 17.2 Å². The van der Waals surface area contributed by atoms with E-state index < -0.39 is 0 Å². The molecule has 0 spiro atoms. The minimum absolute atomic E-state index is 0.138. The monoisotopic (exact) mass is 203 g/mol. The number of nitro benzene ring substituents is 1. The van der Waals surface area contributed by atoms with Crippen LogP contribution in [0.15, 0.2) is 18.2 Å². The van der Waals surface area contributed by atoms with Gasteiger partial charge in [0.1, 0.15) is 0 Å². The fourth-order valence-corrected chi connectivity index (χ4v) is 1.40. The summed E-state index contributed by atoms with van der Waals surface area (Å²) in [5.41, 5.74) is 1.46. The lowest BCUT2D eigenvalue weighted by molar-refractivity contribution is -0.385. The number of rotatable bonds is 4. The summed E-state index contributed by atoms with van der Waals surface area (Å²) in [4.78, 5) is 10.4. The lowest BCUT2D eigenvalue weighted by atomic mass is 10.0. The minimum atomic E-state index is -0.369. The summed E-state index contributed by atoms with van der Waals surface area (Å²) in [6, 6.07) is 4.96. The molecule has 0 saturated carbocycles. The van der Waals surface area contributed by atoms with Crippen molar-refractivity contribution in [2.24, 2.45) is 0 Å². The predicted octanol–water partition coefficient (Wildman–Crippen LogP) is 2.92. The van der Waals surface area contributed by atoms with Crippen LogP contribution >= 0.6 is 0 Å². The first-order valence-electron chi connectivity index (χ1n) is 4.93. The van der Waals surface area contributed by atoms with Gasteiger partial charge in [-0.1, -0.05) is 25.3 Å². The number of aryl methyl sites for hydroxylation is 1. The fourth-order valence-electron chi connectivity index (χ4n) is 1.40. The highest BCUT2D eigenvalue weighted by Crippen LogP contribution is 2.21. The summed E-state index contributed by atoms with van der Waals surface area (Å²) in [5, 5.41) is 10.8. The molecule has 0 heterocycles.